The van der Waals surface area contributed by atoms with E-state index in [2.05, 4.69) is 5.32 Å². The average molecular weight is 511 g/mol. The summed E-state index contributed by atoms with van der Waals surface area (Å²) >= 11 is 12.1. The summed E-state index contributed by atoms with van der Waals surface area (Å²) in [5, 5.41) is 3.21. The Morgan fingerprint density at radius 2 is 1.71 bits per heavy atom. The molecule has 8 nitrogen and oxygen atoms in total. The molecule has 5 rings (SSSR count). The molecule has 1 N–H and O–H groups in total. The van der Waals surface area contributed by atoms with E-state index in [1.807, 2.05) is 0 Å². The number of anilines is 1. The van der Waals surface area contributed by atoms with Crippen molar-refractivity contribution in [2.75, 3.05) is 11.7 Å². The molecule has 0 bridgehead atoms. The van der Waals surface area contributed by atoms with Crippen molar-refractivity contribution in [1.29, 1.82) is 0 Å². The first kappa shape index (κ1) is 22.8. The van der Waals surface area contributed by atoms with Crippen molar-refractivity contribution in [1.82, 2.24) is 5.32 Å². The Labute approximate surface area is 209 Å². The zero-order valence-electron chi connectivity index (χ0n) is 17.9. The van der Waals surface area contributed by atoms with Gasteiger partial charge >= 0.3 is 6.03 Å². The highest BCUT2D eigenvalue weighted by molar-refractivity contribution is 6.39. The van der Waals surface area contributed by atoms with Gasteiger partial charge < -0.3 is 14.2 Å². The summed E-state index contributed by atoms with van der Waals surface area (Å²) in [6.45, 7) is 0.304. The van der Waals surface area contributed by atoms with Crippen LogP contribution in [0.1, 0.15) is 11.1 Å². The third-order valence-corrected chi connectivity index (χ3v) is 5.90. The van der Waals surface area contributed by atoms with Crippen LogP contribution in [0.4, 0.5) is 10.5 Å². The maximum Gasteiger partial charge on any atom is 0.335 e. The van der Waals surface area contributed by atoms with Gasteiger partial charge in [-0.3, -0.25) is 14.9 Å². The molecule has 3 aromatic rings. The molecule has 0 atom stereocenters. The van der Waals surface area contributed by atoms with Gasteiger partial charge in [0.05, 0.1) is 5.69 Å². The molecule has 0 aromatic heterocycles. The van der Waals surface area contributed by atoms with Gasteiger partial charge in [-0.1, -0.05) is 35.3 Å². The summed E-state index contributed by atoms with van der Waals surface area (Å²) in [4.78, 5) is 38.9. The van der Waals surface area contributed by atoms with Gasteiger partial charge in [0, 0.05) is 15.6 Å². The second-order valence-corrected chi connectivity index (χ2v) is 8.43. The lowest BCUT2D eigenvalue weighted by Gasteiger charge is -2.26. The van der Waals surface area contributed by atoms with E-state index in [0.717, 1.165) is 10.5 Å². The maximum atomic E-state index is 13.1. The molecule has 1 saturated heterocycles. The second kappa shape index (κ2) is 9.32. The van der Waals surface area contributed by atoms with Crippen molar-refractivity contribution in [3.8, 4) is 17.2 Å². The summed E-state index contributed by atoms with van der Waals surface area (Å²) in [5.41, 5.74) is 1.38. The first-order chi connectivity index (χ1) is 16.9. The zero-order valence-corrected chi connectivity index (χ0v) is 19.4. The number of ether oxygens (including phenoxy) is 3. The molecule has 0 spiro atoms. The largest absolute Gasteiger partial charge is 0.489 e. The average Bonchev–Trinajstić information content (AvgIpc) is 3.30. The number of hydrogen-bond acceptors (Lipinski definition) is 6. The van der Waals surface area contributed by atoms with Crippen LogP contribution in [-0.2, 0) is 16.2 Å². The molecule has 0 unspecified atom stereocenters. The molecule has 2 aliphatic heterocycles. The number of rotatable bonds is 5. The van der Waals surface area contributed by atoms with Gasteiger partial charge in [0.2, 0.25) is 6.79 Å². The lowest BCUT2D eigenvalue weighted by atomic mass is 10.1. The number of barbiturate groups is 1. The van der Waals surface area contributed by atoms with E-state index < -0.39 is 17.8 Å². The number of fused-ring (bicyclic) bond motifs is 1. The van der Waals surface area contributed by atoms with Crippen LogP contribution in [0.5, 0.6) is 17.2 Å². The number of imide groups is 2. The second-order valence-electron chi connectivity index (χ2n) is 7.59. The van der Waals surface area contributed by atoms with Crippen molar-refractivity contribution in [3.63, 3.8) is 0 Å². The molecule has 3 aromatic carbocycles. The van der Waals surface area contributed by atoms with E-state index in [1.165, 1.54) is 6.08 Å². The first-order valence-electron chi connectivity index (χ1n) is 10.4. The van der Waals surface area contributed by atoms with Crippen LogP contribution in [0.2, 0.25) is 10.0 Å². The number of halogens is 2. The summed E-state index contributed by atoms with van der Waals surface area (Å²) in [7, 11) is 0. The topological polar surface area (TPSA) is 94.2 Å². The number of nitrogens with one attached hydrogen (secondary N) is 1. The molecule has 10 heteroatoms. The predicted octanol–water partition coefficient (Wildman–Crippen LogP) is 4.97. The van der Waals surface area contributed by atoms with Crippen LogP contribution in [0, 0.1) is 0 Å². The van der Waals surface area contributed by atoms with Gasteiger partial charge in [-0.05, 0) is 60.2 Å². The van der Waals surface area contributed by atoms with Crippen LogP contribution in [-0.4, -0.2) is 24.6 Å². The number of benzene rings is 3. The van der Waals surface area contributed by atoms with E-state index in [9.17, 15) is 14.4 Å². The molecule has 4 amide bonds. The van der Waals surface area contributed by atoms with E-state index in [0.29, 0.717) is 32.9 Å². The van der Waals surface area contributed by atoms with Crippen LogP contribution >= 0.6 is 23.2 Å². The Balaban J connectivity index is 1.34. The van der Waals surface area contributed by atoms with Gasteiger partial charge in [-0.15, -0.1) is 0 Å². The van der Waals surface area contributed by atoms with Crippen LogP contribution in [0.3, 0.4) is 0 Å². The number of nitrogens with zero attached hydrogens (tertiary/aromatic N) is 1. The SMILES string of the molecule is O=C1NC(=O)N(c2ccc(OCc3ccc(Cl)cc3Cl)cc2)C(=O)/C1=C/c1ccc2c(c1)OCO2. The standard InChI is InChI=1S/C25H16Cl2N2O6/c26-16-3-2-15(20(27)11-16)12-33-18-6-4-17(5-7-18)29-24(31)19(23(30)28-25(29)32)9-14-1-8-21-22(10-14)35-13-34-21/h1-11H,12-13H2,(H,28,30,32)/b19-9+. The van der Waals surface area contributed by atoms with E-state index in [-0.39, 0.29) is 24.7 Å². The van der Waals surface area contributed by atoms with E-state index in [1.54, 1.807) is 60.7 Å². The van der Waals surface area contributed by atoms with Crippen LogP contribution in [0.25, 0.3) is 6.08 Å². The molecule has 0 saturated carbocycles. The number of amides is 4. The van der Waals surface area contributed by atoms with E-state index >= 15 is 0 Å². The summed E-state index contributed by atoms with van der Waals surface area (Å²) in [6.07, 6.45) is 1.40. The summed E-state index contributed by atoms with van der Waals surface area (Å²) in [5.74, 6) is 0.0408. The monoisotopic (exact) mass is 510 g/mol. The molecule has 0 aliphatic carbocycles. The quantitative estimate of drug-likeness (QED) is 0.384. The van der Waals surface area contributed by atoms with Gasteiger partial charge in [0.15, 0.2) is 11.5 Å². The van der Waals surface area contributed by atoms with Gasteiger partial charge in [-0.2, -0.15) is 0 Å². The molecular weight excluding hydrogens is 495 g/mol. The van der Waals surface area contributed by atoms with Crippen molar-refractivity contribution >= 4 is 52.8 Å². The fourth-order valence-electron chi connectivity index (χ4n) is 3.55. The van der Waals surface area contributed by atoms with Crippen molar-refractivity contribution < 1.29 is 28.6 Å². The Kier molecular flexibility index (Phi) is 6.07. The van der Waals surface area contributed by atoms with Crippen molar-refractivity contribution in [3.05, 3.63) is 87.4 Å². The predicted molar refractivity (Wildman–Crippen MR) is 129 cm³/mol. The zero-order chi connectivity index (χ0) is 24.5. The molecule has 2 aliphatic rings. The van der Waals surface area contributed by atoms with Gasteiger partial charge in [0.1, 0.15) is 17.9 Å². The summed E-state index contributed by atoms with van der Waals surface area (Å²) < 4.78 is 16.4. The lowest BCUT2D eigenvalue weighted by Crippen LogP contribution is -2.54. The summed E-state index contributed by atoms with van der Waals surface area (Å²) in [6, 6.07) is 15.6. The number of hydrogen-bond donors (Lipinski definition) is 1. The Hall–Kier alpha value is -4.01. The molecular formula is C25H16Cl2N2O6. The van der Waals surface area contributed by atoms with Crippen molar-refractivity contribution in [2.45, 2.75) is 6.61 Å². The van der Waals surface area contributed by atoms with Gasteiger partial charge in [-0.25, -0.2) is 9.69 Å². The van der Waals surface area contributed by atoms with Crippen LogP contribution < -0.4 is 24.4 Å². The van der Waals surface area contributed by atoms with E-state index in [4.69, 9.17) is 37.4 Å². The minimum atomic E-state index is -0.843. The molecule has 35 heavy (non-hydrogen) atoms. The molecule has 0 radical (unpaired) electrons. The Morgan fingerprint density at radius 3 is 2.49 bits per heavy atom. The number of carbonyl (C=O) groups excluding carboxylic acids is 3. The fourth-order valence-corrected chi connectivity index (χ4v) is 4.02. The Bertz CT molecular complexity index is 1390. The third kappa shape index (κ3) is 4.66. The van der Waals surface area contributed by atoms with Crippen molar-refractivity contribution in [2.24, 2.45) is 0 Å². The number of urea groups is 1. The minimum Gasteiger partial charge on any atom is -0.489 e. The highest BCUT2D eigenvalue weighted by Gasteiger charge is 2.36. The third-order valence-electron chi connectivity index (χ3n) is 5.31. The number of carbonyl (C=O) groups is 3. The molecule has 2 heterocycles. The normalized spacial score (nSPS) is 16.0. The highest BCUT2D eigenvalue weighted by atomic mass is 35.5. The molecule has 176 valence electrons. The van der Waals surface area contributed by atoms with Gasteiger partial charge in [0.25, 0.3) is 11.8 Å². The Morgan fingerprint density at radius 1 is 0.943 bits per heavy atom. The minimum absolute atomic E-state index is 0.101. The fraction of sp³-hybridized carbons (Fsp3) is 0.0800. The smallest absolute Gasteiger partial charge is 0.335 e. The van der Waals surface area contributed by atoms with Crippen LogP contribution in [0.15, 0.2) is 66.2 Å². The lowest BCUT2D eigenvalue weighted by molar-refractivity contribution is -0.122. The first-order valence-corrected chi connectivity index (χ1v) is 11.1. The molecule has 1 fully saturated rings. The maximum absolute atomic E-state index is 13.1. The highest BCUT2D eigenvalue weighted by Crippen LogP contribution is 2.33.